The fourth-order valence-electron chi connectivity index (χ4n) is 5.09. The number of morpholine rings is 1. The molecule has 0 bridgehead atoms. The number of carbonyl (C=O) groups excluding carboxylic acids is 1. The SMILES string of the molecule is O=C(C1CCN1Sc1ccc(N2CCCC2)c(-c2cc3ccccc3[nH]2)c1)N1CCOCC1. The summed E-state index contributed by atoms with van der Waals surface area (Å²) in [7, 11) is 0. The van der Waals surface area contributed by atoms with Crippen molar-refractivity contribution >= 4 is 34.4 Å². The van der Waals surface area contributed by atoms with E-state index in [-0.39, 0.29) is 11.9 Å². The van der Waals surface area contributed by atoms with Crippen molar-refractivity contribution < 1.29 is 9.53 Å². The van der Waals surface area contributed by atoms with Crippen molar-refractivity contribution in [2.75, 3.05) is 50.8 Å². The van der Waals surface area contributed by atoms with Crippen LogP contribution in [0, 0.1) is 0 Å². The highest BCUT2D eigenvalue weighted by molar-refractivity contribution is 7.97. The first-order chi connectivity index (χ1) is 16.3. The van der Waals surface area contributed by atoms with Crippen LogP contribution in [0.4, 0.5) is 5.69 Å². The standard InChI is InChI=1S/C26H30N4O2S/c31-26(29-13-15-32-16-14-29)25-9-12-30(25)33-20-7-8-24(28-10-3-4-11-28)21(18-20)23-17-19-5-1-2-6-22(19)27-23/h1-2,5-8,17-18,25,27H,3-4,9-16H2. The van der Waals surface area contributed by atoms with Gasteiger partial charge in [-0.25, -0.2) is 4.31 Å². The summed E-state index contributed by atoms with van der Waals surface area (Å²) in [6.07, 6.45) is 3.44. The van der Waals surface area contributed by atoms with Gasteiger partial charge in [0.25, 0.3) is 0 Å². The van der Waals surface area contributed by atoms with Gasteiger partial charge in [-0.05, 0) is 61.5 Å². The lowest BCUT2D eigenvalue weighted by Crippen LogP contribution is -2.56. The van der Waals surface area contributed by atoms with Crippen LogP contribution in [0.3, 0.4) is 0 Å². The minimum atomic E-state index is -0.0251. The maximum atomic E-state index is 13.0. The van der Waals surface area contributed by atoms with Crippen molar-refractivity contribution in [2.24, 2.45) is 0 Å². The third kappa shape index (κ3) is 4.14. The quantitative estimate of drug-likeness (QED) is 0.571. The Morgan fingerprint density at radius 2 is 1.79 bits per heavy atom. The second-order valence-electron chi connectivity index (χ2n) is 9.12. The molecule has 1 unspecified atom stereocenters. The molecule has 3 aromatic rings. The van der Waals surface area contributed by atoms with Gasteiger partial charge in [0.1, 0.15) is 6.04 Å². The first-order valence-electron chi connectivity index (χ1n) is 12.0. The van der Waals surface area contributed by atoms with Gasteiger partial charge < -0.3 is 19.5 Å². The maximum absolute atomic E-state index is 13.0. The minimum absolute atomic E-state index is 0.0251. The molecule has 0 spiro atoms. The highest BCUT2D eigenvalue weighted by atomic mass is 32.2. The molecule has 33 heavy (non-hydrogen) atoms. The zero-order chi connectivity index (χ0) is 22.2. The maximum Gasteiger partial charge on any atom is 0.241 e. The molecule has 3 aliphatic rings. The van der Waals surface area contributed by atoms with Crippen LogP contribution >= 0.6 is 11.9 Å². The van der Waals surface area contributed by atoms with Gasteiger partial charge in [-0.15, -0.1) is 0 Å². The van der Waals surface area contributed by atoms with Gasteiger partial charge in [0.2, 0.25) is 5.91 Å². The molecular formula is C26H30N4O2S. The van der Waals surface area contributed by atoms with E-state index < -0.39 is 0 Å². The van der Waals surface area contributed by atoms with Gasteiger partial charge in [0.05, 0.1) is 13.2 Å². The van der Waals surface area contributed by atoms with Crippen molar-refractivity contribution in [3.8, 4) is 11.3 Å². The lowest BCUT2D eigenvalue weighted by Gasteiger charge is -2.41. The average Bonchev–Trinajstić information content (AvgIpc) is 3.52. The Hall–Kier alpha value is -2.48. The number of anilines is 1. The Balaban J connectivity index is 1.27. The lowest BCUT2D eigenvalue weighted by atomic mass is 10.1. The Morgan fingerprint density at radius 3 is 2.55 bits per heavy atom. The van der Waals surface area contributed by atoms with Crippen LogP contribution in [0.25, 0.3) is 22.2 Å². The smallest absolute Gasteiger partial charge is 0.241 e. The van der Waals surface area contributed by atoms with Crippen molar-refractivity contribution in [1.29, 1.82) is 0 Å². The van der Waals surface area contributed by atoms with Gasteiger partial charge in [-0.2, -0.15) is 0 Å². The summed E-state index contributed by atoms with van der Waals surface area (Å²) in [5, 5.41) is 1.23. The molecule has 6 rings (SSSR count). The third-order valence-corrected chi connectivity index (χ3v) is 8.17. The topological polar surface area (TPSA) is 51.8 Å². The number of aromatic nitrogens is 1. The van der Waals surface area contributed by atoms with E-state index in [0.29, 0.717) is 26.3 Å². The molecule has 1 amide bonds. The highest BCUT2D eigenvalue weighted by Crippen LogP contribution is 2.40. The number of fused-ring (bicyclic) bond motifs is 1. The molecule has 1 atom stereocenters. The van der Waals surface area contributed by atoms with Crippen molar-refractivity contribution in [2.45, 2.75) is 30.2 Å². The summed E-state index contributed by atoms with van der Waals surface area (Å²) in [5.41, 5.74) is 4.87. The number of carbonyl (C=O) groups is 1. The second kappa shape index (κ2) is 9.05. The monoisotopic (exact) mass is 462 g/mol. The largest absolute Gasteiger partial charge is 0.378 e. The second-order valence-corrected chi connectivity index (χ2v) is 10.2. The highest BCUT2D eigenvalue weighted by Gasteiger charge is 2.38. The zero-order valence-electron chi connectivity index (χ0n) is 18.8. The number of hydrogen-bond acceptors (Lipinski definition) is 5. The molecule has 3 saturated heterocycles. The van der Waals surface area contributed by atoms with E-state index in [1.807, 2.05) is 4.90 Å². The molecule has 172 valence electrons. The Bertz CT molecular complexity index is 1120. The number of nitrogens with one attached hydrogen (secondary N) is 1. The van der Waals surface area contributed by atoms with Crippen LogP contribution in [0.15, 0.2) is 53.4 Å². The van der Waals surface area contributed by atoms with E-state index in [1.54, 1.807) is 11.9 Å². The summed E-state index contributed by atoms with van der Waals surface area (Å²) < 4.78 is 7.66. The third-order valence-electron chi connectivity index (χ3n) is 7.04. The summed E-state index contributed by atoms with van der Waals surface area (Å²) in [6, 6.07) is 17.5. The molecule has 3 fully saturated rings. The summed E-state index contributed by atoms with van der Waals surface area (Å²) >= 11 is 1.72. The molecular weight excluding hydrogens is 432 g/mol. The van der Waals surface area contributed by atoms with Crippen LogP contribution in [-0.4, -0.2) is 72.1 Å². The molecule has 0 aliphatic carbocycles. The van der Waals surface area contributed by atoms with Gasteiger partial charge in [0, 0.05) is 65.5 Å². The number of ether oxygens (including phenoxy) is 1. The molecule has 7 heteroatoms. The van der Waals surface area contributed by atoms with Crippen LogP contribution in [-0.2, 0) is 9.53 Å². The zero-order valence-corrected chi connectivity index (χ0v) is 19.7. The molecule has 0 saturated carbocycles. The van der Waals surface area contributed by atoms with Gasteiger partial charge >= 0.3 is 0 Å². The molecule has 2 aromatic carbocycles. The summed E-state index contributed by atoms with van der Waals surface area (Å²) in [5.74, 6) is 0.251. The fourth-order valence-corrected chi connectivity index (χ4v) is 6.18. The van der Waals surface area contributed by atoms with Gasteiger partial charge in [-0.1, -0.05) is 18.2 Å². The van der Waals surface area contributed by atoms with E-state index in [0.717, 1.165) is 37.3 Å². The van der Waals surface area contributed by atoms with Crippen LogP contribution in [0.1, 0.15) is 19.3 Å². The van der Waals surface area contributed by atoms with Crippen LogP contribution < -0.4 is 4.90 Å². The van der Waals surface area contributed by atoms with E-state index in [4.69, 9.17) is 4.74 Å². The Labute approximate surface area is 199 Å². The van der Waals surface area contributed by atoms with Gasteiger partial charge in [0.15, 0.2) is 0 Å². The van der Waals surface area contributed by atoms with Crippen molar-refractivity contribution in [3.05, 3.63) is 48.5 Å². The normalized spacial score (nSPS) is 21.5. The Kier molecular flexibility index (Phi) is 5.78. The molecule has 0 radical (unpaired) electrons. The van der Waals surface area contributed by atoms with Crippen molar-refractivity contribution in [3.63, 3.8) is 0 Å². The minimum Gasteiger partial charge on any atom is -0.378 e. The molecule has 1 aromatic heterocycles. The number of hydrogen-bond donors (Lipinski definition) is 1. The molecule has 3 aliphatic heterocycles. The predicted octanol–water partition coefficient (Wildman–Crippen LogP) is 4.38. The fraction of sp³-hybridized carbons (Fsp3) is 0.423. The molecule has 1 N–H and O–H groups in total. The van der Waals surface area contributed by atoms with Crippen LogP contribution in [0.2, 0.25) is 0 Å². The van der Waals surface area contributed by atoms with E-state index in [2.05, 4.69) is 62.7 Å². The van der Waals surface area contributed by atoms with Crippen molar-refractivity contribution in [1.82, 2.24) is 14.2 Å². The van der Waals surface area contributed by atoms with Gasteiger partial charge in [-0.3, -0.25) is 4.79 Å². The van der Waals surface area contributed by atoms with E-state index in [1.165, 1.54) is 34.4 Å². The number of rotatable bonds is 5. The Morgan fingerprint density at radius 1 is 0.970 bits per heavy atom. The van der Waals surface area contributed by atoms with E-state index in [9.17, 15) is 4.79 Å². The summed E-state index contributed by atoms with van der Waals surface area (Å²) in [4.78, 5) is 22.3. The predicted molar refractivity (Wildman–Crippen MR) is 134 cm³/mol. The summed E-state index contributed by atoms with van der Waals surface area (Å²) in [6.45, 7) is 5.89. The van der Waals surface area contributed by atoms with E-state index >= 15 is 0 Å². The number of para-hydroxylation sites is 1. The first-order valence-corrected chi connectivity index (χ1v) is 12.8. The number of amides is 1. The molecule has 4 heterocycles. The van der Waals surface area contributed by atoms with Crippen LogP contribution in [0.5, 0.6) is 0 Å². The number of benzene rings is 2. The number of H-pyrrole nitrogens is 1. The number of aromatic amines is 1. The number of nitrogens with zero attached hydrogens (tertiary/aromatic N) is 3. The first kappa shape index (κ1) is 21.1. The lowest BCUT2D eigenvalue weighted by molar-refractivity contribution is -0.142. The molecule has 6 nitrogen and oxygen atoms in total. The average molecular weight is 463 g/mol.